The van der Waals surface area contributed by atoms with E-state index in [-0.39, 0.29) is 45.1 Å². The summed E-state index contributed by atoms with van der Waals surface area (Å²) in [5, 5.41) is 0. The minimum Gasteiger partial charge on any atom is -0.399 e. The fourth-order valence-electron chi connectivity index (χ4n) is 4.23. The topological polar surface area (TPSA) is 63.4 Å². The first-order valence-corrected chi connectivity index (χ1v) is 8.85. The third-order valence-corrected chi connectivity index (χ3v) is 8.35. The van der Waals surface area contributed by atoms with Gasteiger partial charge >= 0.3 is 0 Å². The molecule has 110 valence electrons. The Bertz CT molecular complexity index is 601. The van der Waals surface area contributed by atoms with E-state index in [2.05, 4.69) is 31.9 Å². The van der Waals surface area contributed by atoms with Gasteiger partial charge in [0, 0.05) is 15.3 Å². The predicted molar refractivity (Wildman–Crippen MR) is 87.4 cm³/mol. The lowest BCUT2D eigenvalue weighted by atomic mass is 9.81. The summed E-state index contributed by atoms with van der Waals surface area (Å²) in [6.07, 6.45) is 0.953. The monoisotopic (exact) mass is 412 g/mol. The van der Waals surface area contributed by atoms with Crippen molar-refractivity contribution in [1.82, 2.24) is 0 Å². The maximum atomic E-state index is 12.8. The highest BCUT2D eigenvalue weighted by atomic mass is 79.9. The number of carbonyl (C=O) groups excluding carboxylic acids is 2. The van der Waals surface area contributed by atoms with E-state index in [1.165, 1.54) is 4.90 Å². The van der Waals surface area contributed by atoms with Crippen LogP contribution in [-0.4, -0.2) is 21.5 Å². The highest BCUT2D eigenvalue weighted by Gasteiger charge is 2.66. The Labute approximate surface area is 139 Å². The number of hydrogen-bond acceptors (Lipinski definition) is 3. The lowest BCUT2D eigenvalue weighted by molar-refractivity contribution is -0.123. The molecule has 3 aliphatic rings. The molecule has 4 rings (SSSR count). The first-order chi connectivity index (χ1) is 10.0. The maximum Gasteiger partial charge on any atom is 0.238 e. The van der Waals surface area contributed by atoms with Crippen LogP contribution in [0.5, 0.6) is 0 Å². The number of rotatable bonds is 1. The zero-order valence-corrected chi connectivity index (χ0v) is 14.2. The second-order valence-electron chi connectivity index (χ2n) is 6.11. The van der Waals surface area contributed by atoms with E-state index in [0.29, 0.717) is 11.4 Å². The summed E-state index contributed by atoms with van der Waals surface area (Å²) in [5.74, 6) is 0.0629. The number of hydrogen-bond donors (Lipinski definition) is 1. The van der Waals surface area contributed by atoms with Crippen molar-refractivity contribution in [3.8, 4) is 0 Å². The summed E-state index contributed by atoms with van der Waals surface area (Å²) < 4.78 is 0. The molecule has 4 nitrogen and oxygen atoms in total. The van der Waals surface area contributed by atoms with Crippen molar-refractivity contribution < 1.29 is 9.59 Å². The average molecular weight is 414 g/mol. The highest BCUT2D eigenvalue weighted by molar-refractivity contribution is 9.12. The summed E-state index contributed by atoms with van der Waals surface area (Å²) in [7, 11) is 0. The Morgan fingerprint density at radius 3 is 1.90 bits per heavy atom. The molecule has 2 aliphatic carbocycles. The Hall–Kier alpha value is -0.880. The van der Waals surface area contributed by atoms with Gasteiger partial charge in [-0.15, -0.1) is 0 Å². The number of anilines is 2. The Balaban J connectivity index is 1.73. The van der Waals surface area contributed by atoms with Gasteiger partial charge in [0.15, 0.2) is 0 Å². The number of amides is 2. The Kier molecular flexibility index (Phi) is 2.99. The summed E-state index contributed by atoms with van der Waals surface area (Å²) in [5.41, 5.74) is 6.93. The van der Waals surface area contributed by atoms with Crippen LogP contribution in [0.1, 0.15) is 6.42 Å². The quantitative estimate of drug-likeness (QED) is 0.437. The molecule has 6 unspecified atom stereocenters. The molecule has 1 aromatic carbocycles. The standard InChI is InChI=1S/C15H14Br2N2O2/c16-12-8-5-9(13(12)17)11-10(8)14(20)19(15(11)21)7-3-1-6(18)2-4-7/h1-4,8-13H,5,18H2. The van der Waals surface area contributed by atoms with Crippen LogP contribution in [0.2, 0.25) is 0 Å². The lowest BCUT2D eigenvalue weighted by Crippen LogP contribution is -2.37. The smallest absolute Gasteiger partial charge is 0.238 e. The number of fused-ring (bicyclic) bond motifs is 5. The van der Waals surface area contributed by atoms with Crippen LogP contribution in [0, 0.1) is 23.7 Å². The van der Waals surface area contributed by atoms with E-state index < -0.39 is 0 Å². The van der Waals surface area contributed by atoms with Crippen molar-refractivity contribution in [3.63, 3.8) is 0 Å². The number of halogens is 2. The second-order valence-corrected chi connectivity index (χ2v) is 8.22. The lowest BCUT2D eigenvalue weighted by Gasteiger charge is -2.28. The molecule has 2 bridgehead atoms. The fourth-order valence-corrected chi connectivity index (χ4v) is 6.10. The number of alkyl halides is 2. The molecule has 3 fully saturated rings. The maximum absolute atomic E-state index is 12.8. The Morgan fingerprint density at radius 2 is 1.43 bits per heavy atom. The number of carbonyl (C=O) groups is 2. The first kappa shape index (κ1) is 13.8. The van der Waals surface area contributed by atoms with Gasteiger partial charge in [0.25, 0.3) is 0 Å². The molecule has 0 radical (unpaired) electrons. The van der Waals surface area contributed by atoms with Gasteiger partial charge in [-0.05, 0) is 42.5 Å². The molecule has 6 atom stereocenters. The molecule has 1 saturated heterocycles. The highest BCUT2D eigenvalue weighted by Crippen LogP contribution is 2.60. The predicted octanol–water partition coefficient (Wildman–Crippen LogP) is 2.55. The average Bonchev–Trinajstić information content (AvgIpc) is 3.06. The van der Waals surface area contributed by atoms with Crippen LogP contribution in [0.3, 0.4) is 0 Å². The fraction of sp³-hybridized carbons (Fsp3) is 0.467. The van der Waals surface area contributed by atoms with E-state index in [4.69, 9.17) is 5.73 Å². The van der Waals surface area contributed by atoms with Gasteiger partial charge in [0.2, 0.25) is 11.8 Å². The van der Waals surface area contributed by atoms with Crippen molar-refractivity contribution >= 4 is 55.0 Å². The van der Waals surface area contributed by atoms with Crippen molar-refractivity contribution in [2.75, 3.05) is 10.6 Å². The van der Waals surface area contributed by atoms with Gasteiger partial charge in [-0.2, -0.15) is 0 Å². The number of imide groups is 1. The normalized spacial score (nSPS) is 41.0. The number of nitrogens with two attached hydrogens (primary N) is 1. The van der Waals surface area contributed by atoms with Crippen molar-refractivity contribution in [2.24, 2.45) is 23.7 Å². The van der Waals surface area contributed by atoms with Crippen LogP contribution in [0.25, 0.3) is 0 Å². The van der Waals surface area contributed by atoms with Crippen molar-refractivity contribution in [1.29, 1.82) is 0 Å². The van der Waals surface area contributed by atoms with Gasteiger partial charge < -0.3 is 5.73 Å². The van der Waals surface area contributed by atoms with Gasteiger partial charge in [-0.25, -0.2) is 0 Å². The second kappa shape index (κ2) is 4.56. The van der Waals surface area contributed by atoms with Gasteiger partial charge in [0.1, 0.15) is 0 Å². The van der Waals surface area contributed by atoms with Crippen LogP contribution in [-0.2, 0) is 9.59 Å². The van der Waals surface area contributed by atoms with Gasteiger partial charge in [-0.1, -0.05) is 31.9 Å². The Morgan fingerprint density at radius 1 is 0.952 bits per heavy atom. The molecule has 6 heteroatoms. The molecule has 0 spiro atoms. The molecule has 1 heterocycles. The van der Waals surface area contributed by atoms with Gasteiger partial charge in [-0.3, -0.25) is 14.5 Å². The molecular weight excluding hydrogens is 400 g/mol. The molecule has 21 heavy (non-hydrogen) atoms. The number of nitrogen functional groups attached to an aromatic ring is 1. The van der Waals surface area contributed by atoms with Crippen molar-refractivity contribution in [3.05, 3.63) is 24.3 Å². The molecule has 2 saturated carbocycles. The molecule has 1 aromatic rings. The summed E-state index contributed by atoms with van der Waals surface area (Å²) in [6.45, 7) is 0. The molecule has 2 amide bonds. The van der Waals surface area contributed by atoms with E-state index in [9.17, 15) is 9.59 Å². The van der Waals surface area contributed by atoms with Crippen LogP contribution < -0.4 is 10.6 Å². The van der Waals surface area contributed by atoms with Crippen molar-refractivity contribution in [2.45, 2.75) is 16.1 Å². The van der Waals surface area contributed by atoms with E-state index in [0.717, 1.165) is 6.42 Å². The zero-order valence-electron chi connectivity index (χ0n) is 11.1. The largest absolute Gasteiger partial charge is 0.399 e. The third-order valence-electron chi connectivity index (χ3n) is 5.14. The SMILES string of the molecule is Nc1ccc(N2C(=O)C3C4CC(C(Br)C4Br)C3C2=O)cc1. The van der Waals surface area contributed by atoms with E-state index >= 15 is 0 Å². The minimum absolute atomic E-state index is 0.0499. The van der Waals surface area contributed by atoms with E-state index in [1.807, 2.05) is 0 Å². The molecule has 1 aliphatic heterocycles. The molecule has 2 N–H and O–H groups in total. The van der Waals surface area contributed by atoms with Crippen LogP contribution in [0.15, 0.2) is 24.3 Å². The number of nitrogens with zero attached hydrogens (tertiary/aromatic N) is 1. The summed E-state index contributed by atoms with van der Waals surface area (Å²) in [4.78, 5) is 27.4. The summed E-state index contributed by atoms with van der Waals surface area (Å²) >= 11 is 7.37. The summed E-state index contributed by atoms with van der Waals surface area (Å²) in [6, 6.07) is 6.93. The minimum atomic E-state index is -0.168. The third kappa shape index (κ3) is 1.72. The molecule has 0 aromatic heterocycles. The number of benzene rings is 1. The molecular formula is C15H14Br2N2O2. The van der Waals surface area contributed by atoms with E-state index in [1.54, 1.807) is 24.3 Å². The van der Waals surface area contributed by atoms with Crippen LogP contribution >= 0.6 is 31.9 Å². The zero-order chi connectivity index (χ0) is 14.9. The van der Waals surface area contributed by atoms with Crippen LogP contribution in [0.4, 0.5) is 11.4 Å². The van der Waals surface area contributed by atoms with Gasteiger partial charge in [0.05, 0.1) is 17.5 Å². The first-order valence-electron chi connectivity index (χ1n) is 7.02.